The molecule has 92 valence electrons. The molecule has 0 saturated carbocycles. The molecule has 1 aromatic rings. The third-order valence-electron chi connectivity index (χ3n) is 1.90. The van der Waals surface area contributed by atoms with Gasteiger partial charge in [-0.2, -0.15) is 0 Å². The van der Waals surface area contributed by atoms with Gasteiger partial charge >= 0.3 is 6.03 Å². The first kappa shape index (κ1) is 13.4. The van der Waals surface area contributed by atoms with Crippen molar-refractivity contribution in [3.05, 3.63) is 35.5 Å². The second kappa shape index (κ2) is 6.15. The Balaban J connectivity index is 2.59. The highest BCUT2D eigenvalue weighted by molar-refractivity contribution is 6.31. The Kier molecular flexibility index (Phi) is 4.84. The number of urea groups is 1. The number of amides is 2. The van der Waals surface area contributed by atoms with E-state index in [-0.39, 0.29) is 11.4 Å². The third-order valence-corrected chi connectivity index (χ3v) is 2.14. The summed E-state index contributed by atoms with van der Waals surface area (Å²) >= 11 is 5.75. The number of nitrogens with one attached hydrogen (secondary N) is 2. The van der Waals surface area contributed by atoms with Gasteiger partial charge in [0.15, 0.2) is 0 Å². The minimum atomic E-state index is -0.431. The molecule has 0 bridgehead atoms. The highest BCUT2D eigenvalue weighted by atomic mass is 35.5. The van der Waals surface area contributed by atoms with Crippen molar-refractivity contribution >= 4 is 23.3 Å². The lowest BCUT2D eigenvalue weighted by Crippen LogP contribution is -2.23. The Labute approximate surface area is 105 Å². The second-order valence-corrected chi connectivity index (χ2v) is 4.30. The predicted octanol–water partition coefficient (Wildman–Crippen LogP) is 3.34. The first-order chi connectivity index (χ1) is 7.99. The number of carbonyl (C=O) groups is 1. The summed E-state index contributed by atoms with van der Waals surface area (Å²) in [5, 5.41) is 14.9. The molecule has 0 fully saturated rings. The van der Waals surface area contributed by atoms with Crippen LogP contribution in [0.1, 0.15) is 13.8 Å². The average molecular weight is 255 g/mol. The molecule has 0 aliphatic carbocycles. The van der Waals surface area contributed by atoms with Crippen molar-refractivity contribution in [1.29, 1.82) is 0 Å². The topological polar surface area (TPSA) is 61.4 Å². The number of anilines is 1. The number of phenols is 1. The van der Waals surface area contributed by atoms with E-state index < -0.39 is 6.03 Å². The lowest BCUT2D eigenvalue weighted by Gasteiger charge is -2.07. The Bertz CT molecular complexity index is 431. The zero-order valence-corrected chi connectivity index (χ0v) is 10.5. The van der Waals surface area contributed by atoms with E-state index in [0.29, 0.717) is 10.9 Å². The van der Waals surface area contributed by atoms with Crippen LogP contribution in [0.25, 0.3) is 0 Å². The van der Waals surface area contributed by atoms with E-state index in [2.05, 4.69) is 10.6 Å². The molecular weight excluding hydrogens is 240 g/mol. The van der Waals surface area contributed by atoms with Crippen molar-refractivity contribution in [1.82, 2.24) is 5.32 Å². The van der Waals surface area contributed by atoms with Crippen LogP contribution in [0, 0.1) is 5.92 Å². The molecule has 0 saturated heterocycles. The third kappa shape index (κ3) is 4.78. The van der Waals surface area contributed by atoms with E-state index >= 15 is 0 Å². The fraction of sp³-hybridized carbons (Fsp3) is 0.250. The minimum Gasteiger partial charge on any atom is -0.506 e. The highest BCUT2D eigenvalue weighted by Gasteiger charge is 2.05. The van der Waals surface area contributed by atoms with E-state index in [1.54, 1.807) is 12.3 Å². The van der Waals surface area contributed by atoms with Crippen LogP contribution < -0.4 is 10.6 Å². The number of aromatic hydroxyl groups is 1. The van der Waals surface area contributed by atoms with Gasteiger partial charge in [-0.3, -0.25) is 0 Å². The maximum Gasteiger partial charge on any atom is 0.323 e. The lowest BCUT2D eigenvalue weighted by molar-refractivity contribution is 0.255. The van der Waals surface area contributed by atoms with Crippen LogP contribution in [0.3, 0.4) is 0 Å². The molecule has 0 aliphatic rings. The fourth-order valence-electron chi connectivity index (χ4n) is 1.08. The molecule has 0 radical (unpaired) electrons. The van der Waals surface area contributed by atoms with Crippen LogP contribution in [-0.2, 0) is 0 Å². The Morgan fingerprint density at radius 1 is 1.47 bits per heavy atom. The number of halogens is 1. The number of phenolic OH excluding ortho intramolecular Hbond substituents is 1. The summed E-state index contributed by atoms with van der Waals surface area (Å²) in [6.45, 7) is 4.00. The first-order valence-electron chi connectivity index (χ1n) is 5.21. The van der Waals surface area contributed by atoms with Gasteiger partial charge in [-0.05, 0) is 24.1 Å². The summed E-state index contributed by atoms with van der Waals surface area (Å²) in [5.41, 5.74) is 0.271. The number of hydrogen-bond donors (Lipinski definition) is 3. The first-order valence-corrected chi connectivity index (χ1v) is 5.59. The van der Waals surface area contributed by atoms with Crippen LogP contribution >= 0.6 is 11.6 Å². The maximum atomic E-state index is 11.4. The van der Waals surface area contributed by atoms with Gasteiger partial charge < -0.3 is 15.7 Å². The Morgan fingerprint density at radius 2 is 2.18 bits per heavy atom. The molecule has 1 aromatic carbocycles. The van der Waals surface area contributed by atoms with Gasteiger partial charge in [-0.25, -0.2) is 4.79 Å². The number of hydrogen-bond acceptors (Lipinski definition) is 2. The zero-order chi connectivity index (χ0) is 12.8. The smallest absolute Gasteiger partial charge is 0.323 e. The standard InChI is InChI=1S/C12H15ClN2O2/c1-8(2)5-6-14-12(17)15-10-7-9(13)3-4-11(10)16/h3-8,16H,1-2H3,(H2,14,15,17)/b6-5+. The zero-order valence-electron chi connectivity index (χ0n) is 9.70. The summed E-state index contributed by atoms with van der Waals surface area (Å²) in [7, 11) is 0. The van der Waals surface area contributed by atoms with Crippen LogP contribution in [0.5, 0.6) is 5.75 Å². The van der Waals surface area contributed by atoms with Crippen molar-refractivity contribution in [2.24, 2.45) is 5.92 Å². The van der Waals surface area contributed by atoms with Crippen molar-refractivity contribution in [3.63, 3.8) is 0 Å². The molecule has 4 nitrogen and oxygen atoms in total. The number of allylic oxidation sites excluding steroid dienone is 1. The van der Waals surface area contributed by atoms with Gasteiger partial charge in [0.05, 0.1) is 5.69 Å². The molecule has 5 heteroatoms. The fourth-order valence-corrected chi connectivity index (χ4v) is 1.26. The molecule has 0 aromatic heterocycles. The summed E-state index contributed by atoms with van der Waals surface area (Å²) in [4.78, 5) is 11.4. The van der Waals surface area contributed by atoms with Crippen molar-refractivity contribution in [3.8, 4) is 5.75 Å². The number of rotatable bonds is 3. The van der Waals surface area contributed by atoms with Crippen LogP contribution in [0.2, 0.25) is 5.02 Å². The molecular formula is C12H15ClN2O2. The molecule has 0 heterocycles. The SMILES string of the molecule is CC(C)/C=C/NC(=O)Nc1cc(Cl)ccc1O. The largest absolute Gasteiger partial charge is 0.506 e. The molecule has 1 rings (SSSR count). The van der Waals surface area contributed by atoms with Gasteiger partial charge in [0.25, 0.3) is 0 Å². The maximum absolute atomic E-state index is 11.4. The van der Waals surface area contributed by atoms with E-state index in [9.17, 15) is 9.90 Å². The van der Waals surface area contributed by atoms with Crippen molar-refractivity contribution < 1.29 is 9.90 Å². The van der Waals surface area contributed by atoms with Gasteiger partial charge in [-0.1, -0.05) is 31.5 Å². The quantitative estimate of drug-likeness (QED) is 0.725. The average Bonchev–Trinajstić information content (AvgIpc) is 2.23. The second-order valence-electron chi connectivity index (χ2n) is 3.86. The molecule has 0 spiro atoms. The van der Waals surface area contributed by atoms with Gasteiger partial charge in [-0.15, -0.1) is 0 Å². The van der Waals surface area contributed by atoms with Crippen molar-refractivity contribution in [2.75, 3.05) is 5.32 Å². The summed E-state index contributed by atoms with van der Waals surface area (Å²) < 4.78 is 0. The van der Waals surface area contributed by atoms with Gasteiger partial charge in [0, 0.05) is 11.2 Å². The summed E-state index contributed by atoms with van der Waals surface area (Å²) in [5.74, 6) is 0.326. The van der Waals surface area contributed by atoms with Crippen LogP contribution in [-0.4, -0.2) is 11.1 Å². The molecule has 2 amide bonds. The van der Waals surface area contributed by atoms with E-state index in [1.807, 2.05) is 19.9 Å². The normalized spacial score (nSPS) is 10.8. The molecule has 0 aliphatic heterocycles. The minimum absolute atomic E-state index is 0.0302. The predicted molar refractivity (Wildman–Crippen MR) is 69.2 cm³/mol. The number of benzene rings is 1. The van der Waals surface area contributed by atoms with E-state index in [4.69, 9.17) is 11.6 Å². The molecule has 0 atom stereocenters. The molecule has 3 N–H and O–H groups in total. The molecule has 0 unspecified atom stereocenters. The lowest BCUT2D eigenvalue weighted by atomic mass is 10.2. The number of carbonyl (C=O) groups excluding carboxylic acids is 1. The van der Waals surface area contributed by atoms with Crippen LogP contribution in [0.15, 0.2) is 30.5 Å². The Morgan fingerprint density at radius 3 is 2.82 bits per heavy atom. The van der Waals surface area contributed by atoms with Crippen LogP contribution in [0.4, 0.5) is 10.5 Å². The van der Waals surface area contributed by atoms with E-state index in [0.717, 1.165) is 0 Å². The summed E-state index contributed by atoms with van der Waals surface area (Å²) in [6, 6.07) is 4.00. The van der Waals surface area contributed by atoms with Crippen molar-refractivity contribution in [2.45, 2.75) is 13.8 Å². The molecule has 17 heavy (non-hydrogen) atoms. The summed E-state index contributed by atoms with van der Waals surface area (Å²) in [6.07, 6.45) is 3.40. The van der Waals surface area contributed by atoms with Gasteiger partial charge in [0.1, 0.15) is 5.75 Å². The highest BCUT2D eigenvalue weighted by Crippen LogP contribution is 2.26. The van der Waals surface area contributed by atoms with Gasteiger partial charge in [0.2, 0.25) is 0 Å². The van der Waals surface area contributed by atoms with E-state index in [1.165, 1.54) is 12.1 Å². The monoisotopic (exact) mass is 254 g/mol. The Hall–Kier alpha value is -1.68.